The number of H-pyrrole nitrogens is 1. The van der Waals surface area contributed by atoms with Gasteiger partial charge < -0.3 is 10.1 Å². The van der Waals surface area contributed by atoms with Gasteiger partial charge in [-0.05, 0) is 62.0 Å². The number of carbonyl (C=O) groups is 2. The molecule has 0 saturated heterocycles. The summed E-state index contributed by atoms with van der Waals surface area (Å²) in [6.45, 7) is 1.57. The molecule has 3 heterocycles. The van der Waals surface area contributed by atoms with E-state index in [1.54, 1.807) is 6.92 Å². The van der Waals surface area contributed by atoms with E-state index in [2.05, 4.69) is 10.4 Å². The summed E-state index contributed by atoms with van der Waals surface area (Å²) >= 11 is 7.63. The lowest BCUT2D eigenvalue weighted by atomic mass is 10.1. The zero-order valence-corrected chi connectivity index (χ0v) is 17.4. The minimum absolute atomic E-state index is 0.0159. The molecule has 0 unspecified atom stereocenters. The van der Waals surface area contributed by atoms with Gasteiger partial charge in [0.15, 0.2) is 0 Å². The molecule has 146 valence electrons. The van der Waals surface area contributed by atoms with Crippen LogP contribution in [-0.4, -0.2) is 26.6 Å². The van der Waals surface area contributed by atoms with E-state index in [0.717, 1.165) is 41.7 Å². The normalized spacial score (nSPS) is 13.9. The second-order valence-corrected chi connectivity index (χ2v) is 9.24. The molecule has 0 saturated carbocycles. The summed E-state index contributed by atoms with van der Waals surface area (Å²) in [6, 6.07) is 1.90. The highest BCUT2D eigenvalue weighted by molar-refractivity contribution is 7.71. The van der Waals surface area contributed by atoms with Crippen LogP contribution in [0.15, 0.2) is 10.9 Å². The fourth-order valence-electron chi connectivity index (χ4n) is 3.46. The van der Waals surface area contributed by atoms with Crippen molar-refractivity contribution >= 4 is 57.0 Å². The van der Waals surface area contributed by atoms with E-state index in [4.69, 9.17) is 12.2 Å². The number of nitrogens with zero attached hydrogens (tertiary/aromatic N) is 1. The van der Waals surface area contributed by atoms with Crippen molar-refractivity contribution in [1.82, 2.24) is 9.66 Å². The van der Waals surface area contributed by atoms with E-state index < -0.39 is 17.4 Å². The Bertz CT molecular complexity index is 1210. The first-order valence-corrected chi connectivity index (χ1v) is 10.9. The van der Waals surface area contributed by atoms with Gasteiger partial charge in [-0.1, -0.05) is 6.42 Å². The quantitative estimate of drug-likeness (QED) is 0.428. The maximum Gasteiger partial charge on any atom is 0.346 e. The number of carbonyl (C=O) groups excluding carboxylic acids is 1. The zero-order chi connectivity index (χ0) is 20.0. The highest BCUT2D eigenvalue weighted by Gasteiger charge is 2.21. The number of carboxylic acids is 1. The van der Waals surface area contributed by atoms with Crippen molar-refractivity contribution in [3.05, 3.63) is 46.9 Å². The number of hydrogen-bond donors (Lipinski definition) is 3. The van der Waals surface area contributed by atoms with Gasteiger partial charge in [0.2, 0.25) is 4.77 Å². The first-order valence-electron chi connectivity index (χ1n) is 8.81. The van der Waals surface area contributed by atoms with Crippen molar-refractivity contribution < 1.29 is 14.7 Å². The molecule has 0 atom stereocenters. The molecule has 28 heavy (non-hydrogen) atoms. The number of thiophene rings is 2. The van der Waals surface area contributed by atoms with Gasteiger partial charge in [-0.15, -0.1) is 22.7 Å². The van der Waals surface area contributed by atoms with Gasteiger partial charge in [0.25, 0.3) is 11.5 Å². The molecule has 0 fully saturated rings. The van der Waals surface area contributed by atoms with Crippen LogP contribution in [0.4, 0.5) is 0 Å². The van der Waals surface area contributed by atoms with Crippen molar-refractivity contribution in [2.75, 3.05) is 5.43 Å². The number of amides is 1. The Hall–Kier alpha value is -2.30. The van der Waals surface area contributed by atoms with Crippen LogP contribution in [0.3, 0.4) is 0 Å². The number of aromatic nitrogens is 2. The smallest absolute Gasteiger partial charge is 0.346 e. The lowest BCUT2D eigenvalue weighted by Crippen LogP contribution is -2.34. The topological polar surface area (TPSA) is 104 Å². The largest absolute Gasteiger partial charge is 0.477 e. The number of fused-ring (bicyclic) bond motifs is 2. The van der Waals surface area contributed by atoms with Crippen LogP contribution >= 0.6 is 34.9 Å². The molecular formula is C18H17N3O4S3. The Balaban J connectivity index is 1.73. The van der Waals surface area contributed by atoms with E-state index in [0.29, 0.717) is 15.3 Å². The van der Waals surface area contributed by atoms with Gasteiger partial charge in [-0.2, -0.15) is 4.68 Å². The molecule has 7 nitrogen and oxygen atoms in total. The lowest BCUT2D eigenvalue weighted by molar-refractivity contribution is 0.0701. The van der Waals surface area contributed by atoms with Crippen LogP contribution in [0.2, 0.25) is 0 Å². The SMILES string of the molecule is Cc1c(C(=O)O)sc2[nH]c(=S)n(NC(=O)c3cc4c(s3)CCCCC4)c(=O)c12. The molecule has 1 aliphatic carbocycles. The lowest BCUT2D eigenvalue weighted by Gasteiger charge is -2.07. The maximum absolute atomic E-state index is 12.9. The minimum atomic E-state index is -1.10. The van der Waals surface area contributed by atoms with Crippen LogP contribution in [-0.2, 0) is 12.8 Å². The van der Waals surface area contributed by atoms with Gasteiger partial charge in [0, 0.05) is 4.88 Å². The third kappa shape index (κ3) is 3.21. The van der Waals surface area contributed by atoms with Crippen molar-refractivity contribution in [1.29, 1.82) is 0 Å². The third-order valence-corrected chi connectivity index (χ3v) is 7.58. The third-order valence-electron chi connectivity index (χ3n) is 4.87. The number of carboxylic acid groups (broad SMARTS) is 1. The summed E-state index contributed by atoms with van der Waals surface area (Å²) in [7, 11) is 0. The van der Waals surface area contributed by atoms with Gasteiger partial charge in [-0.25, -0.2) is 4.79 Å². The molecule has 3 aromatic heterocycles. The Morgan fingerprint density at radius 2 is 2.00 bits per heavy atom. The van der Waals surface area contributed by atoms with Gasteiger partial charge in [0.1, 0.15) is 9.71 Å². The summed E-state index contributed by atoms with van der Waals surface area (Å²) in [5.74, 6) is -1.50. The van der Waals surface area contributed by atoms with Crippen LogP contribution in [0.25, 0.3) is 10.2 Å². The predicted octanol–water partition coefficient (Wildman–Crippen LogP) is 3.84. The van der Waals surface area contributed by atoms with Gasteiger partial charge in [0.05, 0.1) is 10.3 Å². The Morgan fingerprint density at radius 1 is 1.25 bits per heavy atom. The minimum Gasteiger partial charge on any atom is -0.477 e. The predicted molar refractivity (Wildman–Crippen MR) is 112 cm³/mol. The summed E-state index contributed by atoms with van der Waals surface area (Å²) < 4.78 is 0.998. The highest BCUT2D eigenvalue weighted by atomic mass is 32.1. The first kappa shape index (κ1) is 19.0. The number of aryl methyl sites for hydroxylation is 3. The van der Waals surface area contributed by atoms with Crippen LogP contribution in [0.1, 0.15) is 54.6 Å². The van der Waals surface area contributed by atoms with E-state index in [9.17, 15) is 19.5 Å². The summed E-state index contributed by atoms with van der Waals surface area (Å²) in [6.07, 6.45) is 5.39. The number of hydrogen-bond acceptors (Lipinski definition) is 6. The van der Waals surface area contributed by atoms with E-state index in [1.807, 2.05) is 6.07 Å². The first-order chi connectivity index (χ1) is 13.4. The molecule has 10 heteroatoms. The maximum atomic E-state index is 12.9. The van der Waals surface area contributed by atoms with Crippen LogP contribution < -0.4 is 11.0 Å². The number of aromatic carboxylic acids is 1. The summed E-state index contributed by atoms with van der Waals surface area (Å²) in [5.41, 5.74) is 3.60. The fraction of sp³-hybridized carbons (Fsp3) is 0.333. The second kappa shape index (κ2) is 7.26. The van der Waals surface area contributed by atoms with E-state index >= 15 is 0 Å². The Kier molecular flexibility index (Phi) is 4.94. The number of rotatable bonds is 3. The van der Waals surface area contributed by atoms with Crippen LogP contribution in [0.5, 0.6) is 0 Å². The van der Waals surface area contributed by atoms with Crippen molar-refractivity contribution in [3.63, 3.8) is 0 Å². The van der Waals surface area contributed by atoms with Gasteiger partial charge in [-0.3, -0.25) is 15.0 Å². The van der Waals surface area contributed by atoms with Crippen molar-refractivity contribution in [3.8, 4) is 0 Å². The summed E-state index contributed by atoms with van der Waals surface area (Å²) in [5, 5.41) is 9.50. The molecule has 0 bridgehead atoms. The Morgan fingerprint density at radius 3 is 2.75 bits per heavy atom. The van der Waals surface area contributed by atoms with Gasteiger partial charge >= 0.3 is 5.97 Å². The van der Waals surface area contributed by atoms with E-state index in [1.165, 1.54) is 28.2 Å². The standard InChI is InChI=1S/C18H17N3O4S3/c1-8-12-15(28-13(8)17(24)25)19-18(26)21(16(12)23)20-14(22)11-7-9-5-3-2-4-6-10(9)27-11/h7H,2-6H2,1H3,(H,19,26)(H,20,22)(H,24,25). The molecule has 4 rings (SSSR count). The average molecular weight is 436 g/mol. The fourth-order valence-corrected chi connectivity index (χ4v) is 5.93. The molecule has 1 aliphatic rings. The summed E-state index contributed by atoms with van der Waals surface area (Å²) in [4.78, 5) is 42.1. The number of aromatic amines is 1. The molecule has 0 spiro atoms. The van der Waals surface area contributed by atoms with Crippen molar-refractivity contribution in [2.45, 2.75) is 39.0 Å². The molecule has 0 radical (unpaired) electrons. The van der Waals surface area contributed by atoms with Crippen molar-refractivity contribution in [2.24, 2.45) is 0 Å². The monoisotopic (exact) mass is 435 g/mol. The highest BCUT2D eigenvalue weighted by Crippen LogP contribution is 2.29. The molecule has 3 aromatic rings. The molecule has 3 N–H and O–H groups in total. The average Bonchev–Trinajstić information content (AvgIpc) is 3.12. The zero-order valence-electron chi connectivity index (χ0n) is 15.0. The molecule has 0 aromatic carbocycles. The molecule has 0 aliphatic heterocycles. The molecule has 1 amide bonds. The van der Waals surface area contributed by atoms with Crippen LogP contribution in [0, 0.1) is 11.7 Å². The molecular weight excluding hydrogens is 418 g/mol. The van der Waals surface area contributed by atoms with E-state index in [-0.39, 0.29) is 15.0 Å². The number of nitrogens with one attached hydrogen (secondary N) is 2. The second-order valence-electron chi connectivity index (χ2n) is 6.70. The Labute approximate surface area is 172 Å².